The van der Waals surface area contributed by atoms with Gasteiger partial charge in [0.25, 0.3) is 0 Å². The number of carbonyl (C=O) groups excluding carboxylic acids is 2. The molecular weight excluding hydrogens is 321 g/mol. The average molecular weight is 349 g/mol. The number of benzene rings is 1. The first-order chi connectivity index (χ1) is 11.9. The van der Waals surface area contributed by atoms with Gasteiger partial charge in [-0.15, -0.1) is 0 Å². The summed E-state index contributed by atoms with van der Waals surface area (Å²) in [6, 6.07) is 5.33. The Balaban J connectivity index is 2.25. The Kier molecular flexibility index (Phi) is 6.85. The second-order valence-electron chi connectivity index (χ2n) is 6.79. The molecule has 138 valence electrons. The van der Waals surface area contributed by atoms with Crippen LogP contribution >= 0.6 is 0 Å². The second-order valence-corrected chi connectivity index (χ2v) is 6.79. The molecule has 0 amide bonds. The van der Waals surface area contributed by atoms with E-state index in [1.54, 1.807) is 6.92 Å². The maximum Gasteiger partial charge on any atom is 0.163 e. The maximum absolute atomic E-state index is 13.1. The monoisotopic (exact) mass is 349 g/mol. The molecule has 1 N–H and O–H groups in total. The van der Waals surface area contributed by atoms with E-state index >= 15 is 0 Å². The first-order valence-corrected chi connectivity index (χ1v) is 9.21. The molecule has 1 fully saturated rings. The van der Waals surface area contributed by atoms with Crippen molar-refractivity contribution in [2.75, 3.05) is 13.1 Å². The van der Waals surface area contributed by atoms with Crippen molar-refractivity contribution in [3.63, 3.8) is 0 Å². The predicted molar refractivity (Wildman–Crippen MR) is 94.8 cm³/mol. The van der Waals surface area contributed by atoms with Crippen LogP contribution in [-0.4, -0.2) is 40.4 Å². The lowest BCUT2D eigenvalue weighted by Gasteiger charge is -2.45. The van der Waals surface area contributed by atoms with Gasteiger partial charge in [0.1, 0.15) is 17.3 Å². The van der Waals surface area contributed by atoms with Crippen LogP contribution in [0.4, 0.5) is 4.39 Å². The largest absolute Gasteiger partial charge is 0.375 e. The second kappa shape index (κ2) is 8.68. The van der Waals surface area contributed by atoms with Crippen molar-refractivity contribution in [3.8, 4) is 0 Å². The van der Waals surface area contributed by atoms with E-state index in [0.29, 0.717) is 12.0 Å². The molecule has 2 atom stereocenters. The molecule has 2 rings (SSSR count). The molecule has 1 saturated heterocycles. The minimum absolute atomic E-state index is 0.0564. The van der Waals surface area contributed by atoms with Crippen LogP contribution in [-0.2, 0) is 4.79 Å². The number of likely N-dealkylation sites (tertiary alicyclic amines) is 1. The van der Waals surface area contributed by atoms with E-state index in [1.807, 2.05) is 11.8 Å². The van der Waals surface area contributed by atoms with Gasteiger partial charge in [0.15, 0.2) is 5.78 Å². The average Bonchev–Trinajstić information content (AvgIpc) is 2.66. The minimum atomic E-state index is -1.30. The van der Waals surface area contributed by atoms with Crippen LogP contribution in [0.2, 0.25) is 0 Å². The number of aliphatic hydroxyl groups is 1. The molecule has 0 aromatic heterocycles. The van der Waals surface area contributed by atoms with Gasteiger partial charge < -0.3 is 5.11 Å². The van der Waals surface area contributed by atoms with E-state index < -0.39 is 17.5 Å². The number of halogens is 1. The Morgan fingerprint density at radius 2 is 1.76 bits per heavy atom. The fourth-order valence-corrected chi connectivity index (χ4v) is 3.69. The summed E-state index contributed by atoms with van der Waals surface area (Å²) in [6.45, 7) is 5.09. The Bertz CT molecular complexity index is 595. The van der Waals surface area contributed by atoms with Crippen molar-refractivity contribution in [2.45, 2.75) is 58.1 Å². The van der Waals surface area contributed by atoms with Crippen molar-refractivity contribution in [2.24, 2.45) is 5.92 Å². The smallest absolute Gasteiger partial charge is 0.163 e. The lowest BCUT2D eigenvalue weighted by Crippen LogP contribution is -2.57. The van der Waals surface area contributed by atoms with Gasteiger partial charge in [-0.2, -0.15) is 0 Å². The Morgan fingerprint density at radius 3 is 2.28 bits per heavy atom. The van der Waals surface area contributed by atoms with Gasteiger partial charge in [-0.3, -0.25) is 14.5 Å². The highest BCUT2D eigenvalue weighted by Gasteiger charge is 2.45. The summed E-state index contributed by atoms with van der Waals surface area (Å²) < 4.78 is 13.1. The summed E-state index contributed by atoms with van der Waals surface area (Å²) >= 11 is 0. The molecule has 0 saturated carbocycles. The highest BCUT2D eigenvalue weighted by molar-refractivity contribution is 5.99. The first kappa shape index (κ1) is 19.7. The van der Waals surface area contributed by atoms with E-state index in [0.717, 1.165) is 32.4 Å². The summed E-state index contributed by atoms with van der Waals surface area (Å²) in [5.74, 6) is -1.52. The van der Waals surface area contributed by atoms with Gasteiger partial charge >= 0.3 is 0 Å². The summed E-state index contributed by atoms with van der Waals surface area (Å²) in [5.41, 5.74) is -0.934. The molecule has 5 heteroatoms. The molecule has 0 radical (unpaired) electrons. The van der Waals surface area contributed by atoms with Gasteiger partial charge in [0, 0.05) is 31.5 Å². The number of nitrogens with zero attached hydrogens (tertiary/aromatic N) is 1. The molecule has 4 nitrogen and oxygen atoms in total. The zero-order valence-corrected chi connectivity index (χ0v) is 15.1. The van der Waals surface area contributed by atoms with Crippen molar-refractivity contribution in [3.05, 3.63) is 35.6 Å². The van der Waals surface area contributed by atoms with Gasteiger partial charge in [-0.1, -0.05) is 20.3 Å². The summed E-state index contributed by atoms with van der Waals surface area (Å²) in [5, 5.41) is 11.3. The number of carbonyl (C=O) groups is 2. The van der Waals surface area contributed by atoms with Crippen LogP contribution in [0.25, 0.3) is 0 Å². The predicted octanol–water partition coefficient (Wildman–Crippen LogP) is 3.58. The Hall–Kier alpha value is -1.59. The Labute approximate surface area is 149 Å². The third kappa shape index (κ3) is 4.53. The third-order valence-corrected chi connectivity index (χ3v) is 5.27. The van der Waals surface area contributed by atoms with E-state index in [9.17, 15) is 19.1 Å². The summed E-state index contributed by atoms with van der Waals surface area (Å²) in [6.07, 6.45) is 3.70. The lowest BCUT2D eigenvalue weighted by atomic mass is 9.81. The molecular formula is C20H28FNO3. The Morgan fingerprint density at radius 1 is 1.16 bits per heavy atom. The molecule has 1 heterocycles. The standard InChI is InChI=1S/C20H28FNO3/c1-3-18(23)17(14-19(24)15-8-10-16(21)11-9-15)20(25,4-2)22-12-6-5-7-13-22/h8-11,17,25H,3-7,12-14H2,1-2H3. The summed E-state index contributed by atoms with van der Waals surface area (Å²) in [7, 11) is 0. The van der Waals surface area contributed by atoms with Crippen LogP contribution in [0, 0.1) is 11.7 Å². The quantitative estimate of drug-likeness (QED) is 0.729. The van der Waals surface area contributed by atoms with Gasteiger partial charge in [-0.05, 0) is 43.5 Å². The normalized spacial score (nSPS) is 19.2. The molecule has 1 aliphatic rings. The SMILES string of the molecule is CCC(=O)C(CC(=O)c1ccc(F)cc1)C(O)(CC)N1CCCCC1. The third-order valence-electron chi connectivity index (χ3n) is 5.27. The zero-order valence-electron chi connectivity index (χ0n) is 15.1. The fourth-order valence-electron chi connectivity index (χ4n) is 3.69. The van der Waals surface area contributed by atoms with Crippen LogP contribution in [0.5, 0.6) is 0 Å². The summed E-state index contributed by atoms with van der Waals surface area (Å²) in [4.78, 5) is 27.2. The van der Waals surface area contributed by atoms with Crippen molar-refractivity contribution < 1.29 is 19.1 Å². The molecule has 25 heavy (non-hydrogen) atoms. The molecule has 1 aliphatic heterocycles. The van der Waals surface area contributed by atoms with E-state index in [1.165, 1.54) is 24.3 Å². The molecule has 1 aromatic rings. The number of piperidine rings is 1. The van der Waals surface area contributed by atoms with E-state index in [2.05, 4.69) is 0 Å². The number of rotatable bonds is 8. The minimum Gasteiger partial charge on any atom is -0.375 e. The van der Waals surface area contributed by atoms with Crippen LogP contribution in [0.3, 0.4) is 0 Å². The highest BCUT2D eigenvalue weighted by atomic mass is 19.1. The number of hydrogen-bond donors (Lipinski definition) is 1. The zero-order chi connectivity index (χ0) is 18.4. The van der Waals surface area contributed by atoms with Gasteiger partial charge in [0.05, 0.1) is 5.92 Å². The number of Topliss-reactive ketones (excluding diaryl/α,β-unsaturated/α-hetero) is 2. The van der Waals surface area contributed by atoms with Crippen LogP contribution in [0.1, 0.15) is 62.7 Å². The fraction of sp³-hybridized carbons (Fsp3) is 0.600. The number of ketones is 2. The molecule has 1 aromatic carbocycles. The van der Waals surface area contributed by atoms with Crippen LogP contribution in [0.15, 0.2) is 24.3 Å². The molecule has 0 aliphatic carbocycles. The van der Waals surface area contributed by atoms with Crippen LogP contribution < -0.4 is 0 Å². The topological polar surface area (TPSA) is 57.6 Å². The van der Waals surface area contributed by atoms with Gasteiger partial charge in [0.2, 0.25) is 0 Å². The maximum atomic E-state index is 13.1. The molecule has 2 unspecified atom stereocenters. The van der Waals surface area contributed by atoms with E-state index in [4.69, 9.17) is 0 Å². The van der Waals surface area contributed by atoms with Gasteiger partial charge in [-0.25, -0.2) is 4.39 Å². The van der Waals surface area contributed by atoms with Crippen molar-refractivity contribution in [1.29, 1.82) is 0 Å². The number of hydrogen-bond acceptors (Lipinski definition) is 4. The molecule has 0 bridgehead atoms. The van der Waals surface area contributed by atoms with Crippen molar-refractivity contribution >= 4 is 11.6 Å². The lowest BCUT2D eigenvalue weighted by molar-refractivity contribution is -0.169. The highest BCUT2D eigenvalue weighted by Crippen LogP contribution is 2.33. The molecule has 0 spiro atoms. The van der Waals surface area contributed by atoms with Crippen molar-refractivity contribution in [1.82, 2.24) is 4.90 Å². The van der Waals surface area contributed by atoms with E-state index in [-0.39, 0.29) is 24.4 Å². The first-order valence-electron chi connectivity index (χ1n) is 9.21.